The number of amides is 2. The maximum atomic E-state index is 12.6. The molecule has 2 fully saturated rings. The first-order chi connectivity index (χ1) is 11.6. The van der Waals surface area contributed by atoms with Crippen LogP contribution >= 0.6 is 0 Å². The fraction of sp³-hybridized carbons (Fsp3) is 0.647. The van der Waals surface area contributed by atoms with Crippen LogP contribution in [0.15, 0.2) is 6.20 Å². The van der Waals surface area contributed by atoms with Gasteiger partial charge in [-0.15, -0.1) is 0 Å². The van der Waals surface area contributed by atoms with Gasteiger partial charge in [-0.3, -0.25) is 9.59 Å². The summed E-state index contributed by atoms with van der Waals surface area (Å²) in [6.45, 7) is 6.50. The molecule has 3 heterocycles. The van der Waals surface area contributed by atoms with E-state index in [4.69, 9.17) is 4.74 Å². The third-order valence-corrected chi connectivity index (χ3v) is 4.73. The zero-order valence-corrected chi connectivity index (χ0v) is 14.3. The second-order valence-corrected chi connectivity index (χ2v) is 6.36. The van der Waals surface area contributed by atoms with Crippen LogP contribution in [0.4, 0.5) is 0 Å². The van der Waals surface area contributed by atoms with Crippen molar-refractivity contribution < 1.29 is 14.3 Å². The molecule has 7 nitrogen and oxygen atoms in total. The van der Waals surface area contributed by atoms with Crippen molar-refractivity contribution in [2.24, 2.45) is 0 Å². The van der Waals surface area contributed by atoms with Crippen molar-refractivity contribution in [1.82, 2.24) is 19.8 Å². The van der Waals surface area contributed by atoms with E-state index in [1.165, 1.54) is 0 Å². The summed E-state index contributed by atoms with van der Waals surface area (Å²) in [4.78, 5) is 37.1. The molecule has 130 valence electrons. The first kappa shape index (κ1) is 16.8. The van der Waals surface area contributed by atoms with Gasteiger partial charge in [0.2, 0.25) is 5.91 Å². The normalized spacial score (nSPS) is 21.7. The summed E-state index contributed by atoms with van der Waals surface area (Å²) < 4.78 is 5.29. The zero-order valence-electron chi connectivity index (χ0n) is 14.3. The molecule has 3 rings (SSSR count). The van der Waals surface area contributed by atoms with Gasteiger partial charge in [-0.05, 0) is 26.2 Å². The molecule has 7 heteroatoms. The van der Waals surface area contributed by atoms with Crippen molar-refractivity contribution in [2.75, 3.05) is 32.8 Å². The molecule has 0 radical (unpaired) electrons. The van der Waals surface area contributed by atoms with Crippen molar-refractivity contribution in [3.63, 3.8) is 0 Å². The van der Waals surface area contributed by atoms with Crippen LogP contribution in [-0.4, -0.2) is 64.4 Å². The second-order valence-electron chi connectivity index (χ2n) is 6.36. The number of piperidine rings is 1. The Morgan fingerprint density at radius 1 is 1.21 bits per heavy atom. The molecule has 1 aromatic rings. The zero-order chi connectivity index (χ0) is 17.1. The molecule has 0 aromatic carbocycles. The largest absolute Gasteiger partial charge is 0.378 e. The minimum Gasteiger partial charge on any atom is -0.378 e. The van der Waals surface area contributed by atoms with Crippen LogP contribution in [0.3, 0.4) is 0 Å². The Morgan fingerprint density at radius 2 is 1.96 bits per heavy atom. The minimum absolute atomic E-state index is 0.0468. The number of carbonyl (C=O) groups excluding carboxylic acids is 2. The second kappa shape index (κ2) is 7.25. The van der Waals surface area contributed by atoms with Crippen molar-refractivity contribution in [1.29, 1.82) is 0 Å². The molecule has 2 aliphatic rings. The number of nitrogens with zero attached hydrogens (tertiary/aromatic N) is 4. The number of hydrogen-bond acceptors (Lipinski definition) is 5. The van der Waals surface area contributed by atoms with Crippen LogP contribution in [0.25, 0.3) is 0 Å². The van der Waals surface area contributed by atoms with Gasteiger partial charge >= 0.3 is 0 Å². The van der Waals surface area contributed by atoms with Gasteiger partial charge in [0.05, 0.1) is 30.5 Å². The van der Waals surface area contributed by atoms with E-state index in [1.54, 1.807) is 18.0 Å². The SMILES string of the molecule is CC(=O)N1CCCC[C@@H]1c1ncc(C(=O)N2CCOCC2)c(C)n1. The highest BCUT2D eigenvalue weighted by Crippen LogP contribution is 2.29. The Kier molecular flexibility index (Phi) is 5.08. The van der Waals surface area contributed by atoms with E-state index < -0.39 is 0 Å². The number of carbonyl (C=O) groups is 2. The fourth-order valence-corrected chi connectivity index (χ4v) is 3.37. The number of morpholine rings is 1. The Hall–Kier alpha value is -2.02. The van der Waals surface area contributed by atoms with Crippen LogP contribution in [-0.2, 0) is 9.53 Å². The summed E-state index contributed by atoms with van der Waals surface area (Å²) >= 11 is 0. The van der Waals surface area contributed by atoms with Gasteiger partial charge in [-0.25, -0.2) is 9.97 Å². The lowest BCUT2D eigenvalue weighted by Gasteiger charge is -2.34. The molecule has 2 amide bonds. The van der Waals surface area contributed by atoms with E-state index in [9.17, 15) is 9.59 Å². The third kappa shape index (κ3) is 3.40. The lowest BCUT2D eigenvalue weighted by atomic mass is 10.0. The molecule has 0 spiro atoms. The lowest BCUT2D eigenvalue weighted by molar-refractivity contribution is -0.132. The molecule has 2 saturated heterocycles. The van der Waals surface area contributed by atoms with Crippen LogP contribution in [0.5, 0.6) is 0 Å². The number of hydrogen-bond donors (Lipinski definition) is 0. The van der Waals surface area contributed by atoms with E-state index in [0.717, 1.165) is 25.8 Å². The quantitative estimate of drug-likeness (QED) is 0.817. The first-order valence-electron chi connectivity index (χ1n) is 8.55. The van der Waals surface area contributed by atoms with Gasteiger partial charge < -0.3 is 14.5 Å². The number of likely N-dealkylation sites (tertiary alicyclic amines) is 1. The van der Waals surface area contributed by atoms with E-state index >= 15 is 0 Å². The summed E-state index contributed by atoms with van der Waals surface area (Å²) in [5.74, 6) is 0.643. The van der Waals surface area contributed by atoms with Crippen molar-refractivity contribution in [3.05, 3.63) is 23.3 Å². The fourth-order valence-electron chi connectivity index (χ4n) is 3.37. The molecule has 1 atom stereocenters. The van der Waals surface area contributed by atoms with Gasteiger partial charge in [0.1, 0.15) is 0 Å². The van der Waals surface area contributed by atoms with E-state index in [2.05, 4.69) is 9.97 Å². The third-order valence-electron chi connectivity index (χ3n) is 4.73. The molecule has 0 N–H and O–H groups in total. The average molecular weight is 332 g/mol. The lowest BCUT2D eigenvalue weighted by Crippen LogP contribution is -2.41. The van der Waals surface area contributed by atoms with Crippen LogP contribution in [0.1, 0.15) is 54.1 Å². The van der Waals surface area contributed by atoms with Crippen LogP contribution in [0, 0.1) is 6.92 Å². The molecular weight excluding hydrogens is 308 g/mol. The molecule has 24 heavy (non-hydrogen) atoms. The predicted molar refractivity (Wildman–Crippen MR) is 87.5 cm³/mol. The Labute approximate surface area is 142 Å². The summed E-state index contributed by atoms with van der Waals surface area (Å²) in [7, 11) is 0. The van der Waals surface area contributed by atoms with Crippen molar-refractivity contribution in [3.8, 4) is 0 Å². The number of aryl methyl sites for hydroxylation is 1. The summed E-state index contributed by atoms with van der Waals surface area (Å²) in [5.41, 5.74) is 1.21. The Morgan fingerprint density at radius 3 is 2.62 bits per heavy atom. The molecule has 1 aromatic heterocycles. The highest BCUT2D eigenvalue weighted by Gasteiger charge is 2.29. The summed E-state index contributed by atoms with van der Waals surface area (Å²) in [5, 5.41) is 0. The standard InChI is InChI=1S/C17H24N4O3/c1-12-14(17(23)20-7-9-24-10-8-20)11-18-16(19-12)15-5-3-4-6-21(15)13(2)22/h11,15H,3-10H2,1-2H3/t15-/m1/s1. The van der Waals surface area contributed by atoms with Crippen molar-refractivity contribution in [2.45, 2.75) is 39.2 Å². The average Bonchev–Trinajstić information content (AvgIpc) is 2.62. The van der Waals surface area contributed by atoms with Gasteiger partial charge in [-0.2, -0.15) is 0 Å². The monoisotopic (exact) mass is 332 g/mol. The number of ether oxygens (including phenoxy) is 1. The minimum atomic E-state index is -0.0810. The highest BCUT2D eigenvalue weighted by atomic mass is 16.5. The van der Waals surface area contributed by atoms with Gasteiger partial charge in [0.25, 0.3) is 5.91 Å². The smallest absolute Gasteiger partial charge is 0.257 e. The van der Waals surface area contributed by atoms with Gasteiger partial charge in [0, 0.05) is 32.8 Å². The Balaban J connectivity index is 1.81. The summed E-state index contributed by atoms with van der Waals surface area (Å²) in [6.07, 6.45) is 4.56. The maximum Gasteiger partial charge on any atom is 0.257 e. The molecule has 2 aliphatic heterocycles. The van der Waals surface area contributed by atoms with E-state index in [1.807, 2.05) is 11.8 Å². The van der Waals surface area contributed by atoms with Crippen LogP contribution in [0.2, 0.25) is 0 Å². The highest BCUT2D eigenvalue weighted by molar-refractivity contribution is 5.95. The molecule has 0 unspecified atom stereocenters. The summed E-state index contributed by atoms with van der Waals surface area (Å²) in [6, 6.07) is -0.0810. The number of aromatic nitrogens is 2. The van der Waals surface area contributed by atoms with Crippen molar-refractivity contribution >= 4 is 11.8 Å². The first-order valence-corrected chi connectivity index (χ1v) is 8.55. The van der Waals surface area contributed by atoms with E-state index in [0.29, 0.717) is 43.4 Å². The van der Waals surface area contributed by atoms with Crippen LogP contribution < -0.4 is 0 Å². The molecular formula is C17H24N4O3. The number of rotatable bonds is 2. The van der Waals surface area contributed by atoms with E-state index in [-0.39, 0.29) is 17.9 Å². The predicted octanol–water partition coefficient (Wildman–Crippen LogP) is 1.33. The van der Waals surface area contributed by atoms with Gasteiger partial charge in [-0.1, -0.05) is 0 Å². The maximum absolute atomic E-state index is 12.6. The van der Waals surface area contributed by atoms with Gasteiger partial charge in [0.15, 0.2) is 5.82 Å². The topological polar surface area (TPSA) is 75.6 Å². The molecule has 0 aliphatic carbocycles. The molecule has 0 bridgehead atoms. The Bertz CT molecular complexity index is 628. The molecule has 0 saturated carbocycles.